The number of hydrogen-bond donors (Lipinski definition) is 2. The third-order valence-corrected chi connectivity index (χ3v) is 6.32. The van der Waals surface area contributed by atoms with Gasteiger partial charge in [0.25, 0.3) is 5.91 Å². The Labute approximate surface area is 173 Å². The Hall–Kier alpha value is -3.14. The van der Waals surface area contributed by atoms with Crippen molar-refractivity contribution in [1.29, 1.82) is 0 Å². The molecule has 1 amide bonds. The van der Waals surface area contributed by atoms with E-state index in [1.54, 1.807) is 36.1 Å². The van der Waals surface area contributed by atoms with E-state index in [2.05, 4.69) is 4.98 Å². The van der Waals surface area contributed by atoms with E-state index in [0.717, 1.165) is 11.6 Å². The van der Waals surface area contributed by atoms with E-state index in [9.17, 15) is 17.6 Å². The Morgan fingerprint density at radius 2 is 1.83 bits per heavy atom. The number of amides is 1. The molecule has 0 spiro atoms. The van der Waals surface area contributed by atoms with Crippen LogP contribution in [0.2, 0.25) is 0 Å². The topological polar surface area (TPSA) is 99.6 Å². The number of hydroxylamine groups is 1. The largest absolute Gasteiger partial charge is 0.288 e. The molecular weight excluding hydrogens is 409 g/mol. The molecule has 0 saturated carbocycles. The number of aromatic nitrogens is 1. The normalized spacial score (nSPS) is 11.4. The van der Waals surface area contributed by atoms with Crippen molar-refractivity contribution in [1.82, 2.24) is 14.8 Å². The van der Waals surface area contributed by atoms with Crippen LogP contribution in [0.1, 0.15) is 21.5 Å². The summed E-state index contributed by atoms with van der Waals surface area (Å²) < 4.78 is 41.3. The first-order chi connectivity index (χ1) is 14.4. The van der Waals surface area contributed by atoms with Gasteiger partial charge in [0.15, 0.2) is 0 Å². The smallest absolute Gasteiger partial charge is 0.274 e. The number of benzene rings is 2. The molecule has 0 bridgehead atoms. The quantitative estimate of drug-likeness (QED) is 0.424. The number of nitrogens with one attached hydrogen (secondary N) is 1. The summed E-state index contributed by atoms with van der Waals surface area (Å²) in [6.45, 7) is 0.184. The highest BCUT2D eigenvalue weighted by molar-refractivity contribution is 7.89. The summed E-state index contributed by atoms with van der Waals surface area (Å²) >= 11 is 0. The average Bonchev–Trinajstić information content (AvgIpc) is 2.77. The van der Waals surface area contributed by atoms with Crippen molar-refractivity contribution in [3.63, 3.8) is 0 Å². The van der Waals surface area contributed by atoms with Gasteiger partial charge in [-0.05, 0) is 53.9 Å². The summed E-state index contributed by atoms with van der Waals surface area (Å²) in [5.74, 6) is -1.30. The molecule has 1 aromatic heterocycles. The zero-order valence-corrected chi connectivity index (χ0v) is 16.7. The summed E-state index contributed by atoms with van der Waals surface area (Å²) in [6, 6.07) is 14.7. The van der Waals surface area contributed by atoms with Gasteiger partial charge in [0.05, 0.1) is 4.90 Å². The average molecular weight is 429 g/mol. The zero-order chi connectivity index (χ0) is 21.6. The fourth-order valence-electron chi connectivity index (χ4n) is 2.89. The molecule has 3 aromatic rings. The first kappa shape index (κ1) is 21.6. The lowest BCUT2D eigenvalue weighted by atomic mass is 10.1. The number of pyridine rings is 1. The van der Waals surface area contributed by atoms with Crippen LogP contribution in [-0.4, -0.2) is 35.4 Å². The Balaban J connectivity index is 1.87. The Morgan fingerprint density at radius 1 is 1.07 bits per heavy atom. The van der Waals surface area contributed by atoms with E-state index in [1.165, 1.54) is 34.6 Å². The molecule has 1 heterocycles. The van der Waals surface area contributed by atoms with Crippen molar-refractivity contribution in [2.24, 2.45) is 0 Å². The van der Waals surface area contributed by atoms with Gasteiger partial charge in [-0.3, -0.25) is 15.0 Å². The number of carbonyl (C=O) groups excluding carboxylic acids is 1. The standard InChI is InChI=1S/C21H20FN3O4S/c22-19-4-1-5-20(13-19)30(28,29)25(12-10-16-3-2-11-23-14-16)15-17-6-8-18(9-7-17)21(26)24-27/h1-9,11,13-14,27H,10,12,15H2,(H,24,26). The molecule has 2 aromatic carbocycles. The SMILES string of the molecule is O=C(NO)c1ccc(CN(CCc2cccnc2)S(=O)(=O)c2cccc(F)c2)cc1. The van der Waals surface area contributed by atoms with Crippen LogP contribution in [0.15, 0.2) is 78.0 Å². The molecule has 0 aliphatic heterocycles. The van der Waals surface area contributed by atoms with Crippen LogP contribution in [0.5, 0.6) is 0 Å². The molecule has 30 heavy (non-hydrogen) atoms. The van der Waals surface area contributed by atoms with Crippen LogP contribution in [0.25, 0.3) is 0 Å². The van der Waals surface area contributed by atoms with Gasteiger partial charge in [-0.2, -0.15) is 4.31 Å². The van der Waals surface area contributed by atoms with Crippen LogP contribution in [-0.2, 0) is 23.0 Å². The lowest BCUT2D eigenvalue weighted by Crippen LogP contribution is -2.32. The zero-order valence-electron chi connectivity index (χ0n) is 15.9. The van der Waals surface area contributed by atoms with Gasteiger partial charge in [0.2, 0.25) is 10.0 Å². The number of carbonyl (C=O) groups is 1. The van der Waals surface area contributed by atoms with Crippen LogP contribution in [0, 0.1) is 5.82 Å². The molecular formula is C21H20FN3O4S. The number of hydrogen-bond acceptors (Lipinski definition) is 5. The minimum absolute atomic E-state index is 0.0279. The van der Waals surface area contributed by atoms with Gasteiger partial charge in [0.1, 0.15) is 5.82 Å². The van der Waals surface area contributed by atoms with Gasteiger partial charge < -0.3 is 0 Å². The number of halogens is 1. The van der Waals surface area contributed by atoms with Crippen molar-refractivity contribution < 1.29 is 22.8 Å². The summed E-state index contributed by atoms with van der Waals surface area (Å²) in [4.78, 5) is 15.4. The third kappa shape index (κ3) is 5.26. The maximum atomic E-state index is 13.6. The maximum absolute atomic E-state index is 13.6. The van der Waals surface area contributed by atoms with E-state index in [1.807, 2.05) is 6.07 Å². The Bertz CT molecular complexity index is 1110. The first-order valence-electron chi connectivity index (χ1n) is 9.08. The summed E-state index contributed by atoms with van der Waals surface area (Å²) in [7, 11) is -3.97. The fraction of sp³-hybridized carbons (Fsp3) is 0.143. The van der Waals surface area contributed by atoms with E-state index in [4.69, 9.17) is 5.21 Å². The van der Waals surface area contributed by atoms with Crippen LogP contribution in [0.3, 0.4) is 0 Å². The number of rotatable bonds is 8. The van der Waals surface area contributed by atoms with Crippen molar-refractivity contribution in [3.05, 3.63) is 95.6 Å². The highest BCUT2D eigenvalue weighted by Gasteiger charge is 2.25. The van der Waals surface area contributed by atoms with E-state index in [0.29, 0.717) is 12.0 Å². The summed E-state index contributed by atoms with van der Waals surface area (Å²) in [5.41, 5.74) is 3.28. The van der Waals surface area contributed by atoms with E-state index in [-0.39, 0.29) is 23.5 Å². The monoisotopic (exact) mass is 429 g/mol. The van der Waals surface area contributed by atoms with Crippen molar-refractivity contribution in [2.75, 3.05) is 6.54 Å². The van der Waals surface area contributed by atoms with Gasteiger partial charge in [-0.25, -0.2) is 18.3 Å². The Kier molecular flexibility index (Phi) is 6.88. The molecule has 7 nitrogen and oxygen atoms in total. The summed E-state index contributed by atoms with van der Waals surface area (Å²) in [6.07, 6.45) is 3.72. The molecule has 0 radical (unpaired) electrons. The lowest BCUT2D eigenvalue weighted by Gasteiger charge is -2.22. The van der Waals surface area contributed by atoms with Crippen LogP contribution < -0.4 is 5.48 Å². The van der Waals surface area contributed by atoms with E-state index < -0.39 is 21.7 Å². The second kappa shape index (κ2) is 9.57. The van der Waals surface area contributed by atoms with Gasteiger partial charge in [-0.15, -0.1) is 0 Å². The minimum atomic E-state index is -3.97. The van der Waals surface area contributed by atoms with Crippen molar-refractivity contribution in [3.8, 4) is 0 Å². The first-order valence-corrected chi connectivity index (χ1v) is 10.5. The predicted molar refractivity (Wildman–Crippen MR) is 108 cm³/mol. The molecule has 0 aliphatic carbocycles. The fourth-order valence-corrected chi connectivity index (χ4v) is 4.35. The number of nitrogens with zero attached hydrogens (tertiary/aromatic N) is 2. The molecule has 156 valence electrons. The highest BCUT2D eigenvalue weighted by Crippen LogP contribution is 2.20. The highest BCUT2D eigenvalue weighted by atomic mass is 32.2. The maximum Gasteiger partial charge on any atom is 0.274 e. The molecule has 0 atom stereocenters. The molecule has 0 aliphatic rings. The van der Waals surface area contributed by atoms with Crippen molar-refractivity contribution in [2.45, 2.75) is 17.9 Å². The van der Waals surface area contributed by atoms with Crippen molar-refractivity contribution >= 4 is 15.9 Å². The Morgan fingerprint density at radius 3 is 2.47 bits per heavy atom. The minimum Gasteiger partial charge on any atom is -0.288 e. The summed E-state index contributed by atoms with van der Waals surface area (Å²) in [5, 5.41) is 8.71. The number of sulfonamides is 1. The molecule has 9 heteroatoms. The molecule has 2 N–H and O–H groups in total. The molecule has 3 rings (SSSR count). The molecule has 0 fully saturated rings. The van der Waals surface area contributed by atoms with Gasteiger partial charge >= 0.3 is 0 Å². The van der Waals surface area contributed by atoms with Gasteiger partial charge in [0, 0.05) is 31.0 Å². The third-order valence-electron chi connectivity index (χ3n) is 4.48. The second-order valence-electron chi connectivity index (χ2n) is 6.55. The van der Waals surface area contributed by atoms with Gasteiger partial charge in [-0.1, -0.05) is 24.3 Å². The molecule has 0 saturated heterocycles. The molecule has 0 unspecified atom stereocenters. The van der Waals surface area contributed by atoms with Crippen LogP contribution in [0.4, 0.5) is 4.39 Å². The lowest BCUT2D eigenvalue weighted by molar-refractivity contribution is 0.0706. The second-order valence-corrected chi connectivity index (χ2v) is 8.48. The van der Waals surface area contributed by atoms with Crippen LogP contribution >= 0.6 is 0 Å². The van der Waals surface area contributed by atoms with E-state index >= 15 is 0 Å². The predicted octanol–water partition coefficient (Wildman–Crippen LogP) is 2.77.